The van der Waals surface area contributed by atoms with E-state index in [4.69, 9.17) is 44.7 Å². The number of halogens is 2. The molecule has 1 aromatic rings. The van der Waals surface area contributed by atoms with Gasteiger partial charge in [-0.1, -0.05) is 12.1 Å². The number of nitrogens with two attached hydrogens (primary N) is 3. The number of nitrogens with one attached hydrogen (secondary N) is 1. The fraction of sp³-hybridized carbons (Fsp3) is 0.500. The van der Waals surface area contributed by atoms with Crippen LogP contribution in [-0.2, 0) is 25.3 Å². The molecule has 2 atom stereocenters. The molecular weight excluding hydrogens is 428 g/mol. The first-order valence-electron chi connectivity index (χ1n) is 8.53. The van der Waals surface area contributed by atoms with Gasteiger partial charge in [0, 0.05) is 37.0 Å². The molecule has 0 aliphatic carbocycles. The van der Waals surface area contributed by atoms with E-state index in [0.717, 1.165) is 0 Å². The summed E-state index contributed by atoms with van der Waals surface area (Å²) in [6.07, 6.45) is 0.203. The van der Waals surface area contributed by atoms with Crippen molar-refractivity contribution in [1.29, 1.82) is 0 Å². The molecule has 0 fully saturated rings. The Labute approximate surface area is 174 Å². The number of nitrogens with zero attached hydrogens (tertiary/aromatic N) is 1. The van der Waals surface area contributed by atoms with E-state index in [0.29, 0.717) is 24.3 Å². The zero-order chi connectivity index (χ0) is 21.2. The number of alkyl halides is 2. The molecular formula is C16H26Cl2N5O4P. The number of hydrogen-bond donors (Lipinski definition) is 4. The largest absolute Gasteiger partial charge is 0.370 e. The van der Waals surface area contributed by atoms with Gasteiger partial charge in [0.1, 0.15) is 0 Å². The second-order valence-electron chi connectivity index (χ2n) is 5.97. The van der Waals surface area contributed by atoms with Crippen LogP contribution in [0.15, 0.2) is 24.3 Å². The van der Waals surface area contributed by atoms with E-state index < -0.39 is 25.5 Å². The third-order valence-electron chi connectivity index (χ3n) is 3.76. The monoisotopic (exact) mass is 453 g/mol. The molecule has 28 heavy (non-hydrogen) atoms. The highest BCUT2D eigenvalue weighted by Crippen LogP contribution is 2.43. The quantitative estimate of drug-likeness (QED) is 0.261. The molecule has 1 unspecified atom stereocenters. The SMILES string of the molecule is NC(=O)CC[C@H](N)C(=O)Nc1ccc(COP(N)(=O)N(CCCl)CCCl)cc1. The van der Waals surface area contributed by atoms with Gasteiger partial charge in [-0.3, -0.25) is 14.2 Å². The maximum absolute atomic E-state index is 12.5. The molecule has 0 spiro atoms. The summed E-state index contributed by atoms with van der Waals surface area (Å²) in [6.45, 7) is 0.604. The first kappa shape index (κ1) is 24.8. The molecule has 0 saturated carbocycles. The van der Waals surface area contributed by atoms with Gasteiger partial charge in [0.2, 0.25) is 11.8 Å². The van der Waals surface area contributed by atoms with Gasteiger partial charge in [0.15, 0.2) is 0 Å². The summed E-state index contributed by atoms with van der Waals surface area (Å²) >= 11 is 11.4. The van der Waals surface area contributed by atoms with Crippen LogP contribution in [0.5, 0.6) is 0 Å². The molecule has 7 N–H and O–H groups in total. The van der Waals surface area contributed by atoms with Gasteiger partial charge in [-0.05, 0) is 24.1 Å². The summed E-state index contributed by atoms with van der Waals surface area (Å²) in [6, 6.07) is 5.84. The number of hydrogen-bond acceptors (Lipinski definition) is 5. The number of carbonyl (C=O) groups excluding carboxylic acids is 2. The first-order valence-corrected chi connectivity index (χ1v) is 11.3. The highest BCUT2D eigenvalue weighted by atomic mass is 35.5. The average Bonchev–Trinajstić information content (AvgIpc) is 2.65. The molecule has 0 saturated heterocycles. The number of rotatable bonds is 13. The Bertz CT molecular complexity index is 686. The lowest BCUT2D eigenvalue weighted by Gasteiger charge is -2.26. The molecule has 0 aliphatic rings. The van der Waals surface area contributed by atoms with Crippen LogP contribution in [0.3, 0.4) is 0 Å². The lowest BCUT2D eigenvalue weighted by Crippen LogP contribution is -2.36. The zero-order valence-electron chi connectivity index (χ0n) is 15.4. The predicted molar refractivity (Wildman–Crippen MR) is 111 cm³/mol. The van der Waals surface area contributed by atoms with Crippen LogP contribution < -0.4 is 22.3 Å². The van der Waals surface area contributed by atoms with Crippen molar-refractivity contribution in [3.05, 3.63) is 29.8 Å². The zero-order valence-corrected chi connectivity index (χ0v) is 17.8. The third-order valence-corrected chi connectivity index (χ3v) is 5.78. The van der Waals surface area contributed by atoms with Crippen molar-refractivity contribution in [2.45, 2.75) is 25.5 Å². The number of benzene rings is 1. The van der Waals surface area contributed by atoms with Gasteiger partial charge >= 0.3 is 7.67 Å². The fourth-order valence-electron chi connectivity index (χ4n) is 2.18. The standard InChI is InChI=1S/C16H26Cl2N5O4P/c17-7-9-23(10-8-18)28(21,26)27-11-12-1-3-13(4-2-12)22-16(25)14(19)5-6-15(20)24/h1-4,14H,5-11,19H2,(H2,20,24)(H2,21,26)(H,22,25)/t14-,28?/m0/s1. The van der Waals surface area contributed by atoms with Crippen LogP contribution >= 0.6 is 30.9 Å². The molecule has 1 aromatic carbocycles. The van der Waals surface area contributed by atoms with Crippen LogP contribution in [0.1, 0.15) is 18.4 Å². The van der Waals surface area contributed by atoms with E-state index >= 15 is 0 Å². The van der Waals surface area contributed by atoms with E-state index in [1.165, 1.54) is 4.67 Å². The highest BCUT2D eigenvalue weighted by Gasteiger charge is 2.26. The molecule has 158 valence electrons. The van der Waals surface area contributed by atoms with Gasteiger partial charge in [-0.25, -0.2) is 10.2 Å². The topological polar surface area (TPSA) is 154 Å². The van der Waals surface area contributed by atoms with Crippen molar-refractivity contribution >= 4 is 48.4 Å². The molecule has 2 amide bonds. The van der Waals surface area contributed by atoms with Gasteiger partial charge in [-0.15, -0.1) is 23.2 Å². The van der Waals surface area contributed by atoms with E-state index in [9.17, 15) is 14.2 Å². The fourth-order valence-corrected chi connectivity index (χ4v) is 4.08. The minimum Gasteiger partial charge on any atom is -0.370 e. The average molecular weight is 454 g/mol. The van der Waals surface area contributed by atoms with Crippen molar-refractivity contribution in [2.75, 3.05) is 30.2 Å². The number of primary amides is 1. The molecule has 0 aromatic heterocycles. The van der Waals surface area contributed by atoms with Gasteiger partial charge in [0.25, 0.3) is 0 Å². The highest BCUT2D eigenvalue weighted by molar-refractivity contribution is 7.53. The molecule has 9 nitrogen and oxygen atoms in total. The van der Waals surface area contributed by atoms with Crippen LogP contribution in [0, 0.1) is 0 Å². The van der Waals surface area contributed by atoms with E-state index in [2.05, 4.69) is 5.32 Å². The normalized spacial score (nSPS) is 14.5. The van der Waals surface area contributed by atoms with E-state index in [-0.39, 0.29) is 31.2 Å². The molecule has 12 heteroatoms. The number of amides is 2. The summed E-state index contributed by atoms with van der Waals surface area (Å²) in [5.41, 5.74) is 17.8. The van der Waals surface area contributed by atoms with E-state index in [1.54, 1.807) is 24.3 Å². The maximum atomic E-state index is 12.5. The Morgan fingerprint density at radius 3 is 2.25 bits per heavy atom. The number of anilines is 1. The summed E-state index contributed by atoms with van der Waals surface area (Å²) in [4.78, 5) is 22.7. The number of carbonyl (C=O) groups is 2. The van der Waals surface area contributed by atoms with Crippen molar-refractivity contribution in [2.24, 2.45) is 17.0 Å². The molecule has 1 rings (SSSR count). The Morgan fingerprint density at radius 1 is 1.18 bits per heavy atom. The maximum Gasteiger partial charge on any atom is 0.341 e. The van der Waals surface area contributed by atoms with Crippen LogP contribution in [-0.4, -0.2) is 47.4 Å². The molecule has 0 radical (unpaired) electrons. The second-order valence-corrected chi connectivity index (χ2v) is 8.67. The van der Waals surface area contributed by atoms with Crippen molar-refractivity contribution in [3.63, 3.8) is 0 Å². The second kappa shape index (κ2) is 12.4. The molecule has 0 heterocycles. The minimum atomic E-state index is -3.52. The molecule has 0 aliphatic heterocycles. The summed E-state index contributed by atoms with van der Waals surface area (Å²) < 4.78 is 19.3. The van der Waals surface area contributed by atoms with Crippen LogP contribution in [0.2, 0.25) is 0 Å². The minimum absolute atomic E-state index is 0.0151. The summed E-state index contributed by atoms with van der Waals surface area (Å²) in [7, 11) is -3.52. The van der Waals surface area contributed by atoms with Crippen LogP contribution in [0.25, 0.3) is 0 Å². The Balaban J connectivity index is 2.59. The van der Waals surface area contributed by atoms with Crippen molar-refractivity contribution < 1.29 is 18.7 Å². The van der Waals surface area contributed by atoms with Gasteiger partial charge in [-0.2, -0.15) is 0 Å². The van der Waals surface area contributed by atoms with E-state index in [1.807, 2.05) is 0 Å². The lowest BCUT2D eigenvalue weighted by atomic mass is 10.1. The van der Waals surface area contributed by atoms with Gasteiger partial charge < -0.3 is 21.3 Å². The summed E-state index contributed by atoms with van der Waals surface area (Å²) in [5.74, 6) is -0.440. The predicted octanol–water partition coefficient (Wildman–Crippen LogP) is 1.58. The smallest absolute Gasteiger partial charge is 0.341 e. The van der Waals surface area contributed by atoms with Gasteiger partial charge in [0.05, 0.1) is 12.6 Å². The first-order chi connectivity index (χ1) is 13.2. The Morgan fingerprint density at radius 2 is 1.75 bits per heavy atom. The third kappa shape index (κ3) is 8.87. The van der Waals surface area contributed by atoms with Crippen LogP contribution in [0.4, 0.5) is 5.69 Å². The lowest BCUT2D eigenvalue weighted by molar-refractivity contribution is -0.119. The Kier molecular flexibility index (Phi) is 11.0. The van der Waals surface area contributed by atoms with Crippen molar-refractivity contribution in [1.82, 2.24) is 4.67 Å². The molecule has 0 bridgehead atoms. The summed E-state index contributed by atoms with van der Waals surface area (Å²) in [5, 5.41) is 2.64. The Hall–Kier alpha value is -1.19. The van der Waals surface area contributed by atoms with Crippen molar-refractivity contribution in [3.8, 4) is 0 Å².